The Labute approximate surface area is 162 Å². The lowest BCUT2D eigenvalue weighted by Crippen LogP contribution is -2.06. The smallest absolute Gasteiger partial charge is 0.340 e. The number of hydrogen-bond acceptors (Lipinski definition) is 3. The zero-order chi connectivity index (χ0) is 18.6. The number of esters is 1. The molecule has 0 radical (unpaired) electrons. The number of thiophene rings is 1. The van der Waals surface area contributed by atoms with E-state index in [1.54, 1.807) is 11.3 Å². The van der Waals surface area contributed by atoms with Gasteiger partial charge < -0.3 is 9.72 Å². The van der Waals surface area contributed by atoms with Gasteiger partial charge in [0.05, 0.1) is 28.4 Å². The number of carbonyl (C=O) groups is 1. The first kappa shape index (κ1) is 17.3. The van der Waals surface area contributed by atoms with Crippen LogP contribution in [0.1, 0.15) is 17.3 Å². The third-order valence-electron chi connectivity index (χ3n) is 4.37. The molecule has 2 aromatic heterocycles. The van der Waals surface area contributed by atoms with Crippen molar-refractivity contribution in [3.63, 3.8) is 0 Å². The molecular formula is C23H19NO2S. The molecule has 0 aliphatic rings. The van der Waals surface area contributed by atoms with E-state index in [1.807, 2.05) is 79.0 Å². The summed E-state index contributed by atoms with van der Waals surface area (Å²) < 4.78 is 5.43. The van der Waals surface area contributed by atoms with Gasteiger partial charge in [0.15, 0.2) is 0 Å². The van der Waals surface area contributed by atoms with Crippen molar-refractivity contribution in [3.8, 4) is 33.0 Å². The molecule has 2 aromatic carbocycles. The van der Waals surface area contributed by atoms with Gasteiger partial charge in [0.1, 0.15) is 0 Å². The fraction of sp³-hybridized carbons (Fsp3) is 0.0870. The number of aromatic amines is 1. The Hall–Kier alpha value is -3.11. The molecule has 0 amide bonds. The molecule has 0 saturated heterocycles. The number of aromatic nitrogens is 1. The van der Waals surface area contributed by atoms with Crippen LogP contribution in [0.25, 0.3) is 33.0 Å². The van der Waals surface area contributed by atoms with Gasteiger partial charge in [0, 0.05) is 5.56 Å². The number of rotatable bonds is 5. The van der Waals surface area contributed by atoms with Crippen molar-refractivity contribution in [2.45, 2.75) is 6.92 Å². The van der Waals surface area contributed by atoms with Crippen LogP contribution >= 0.6 is 11.3 Å². The summed E-state index contributed by atoms with van der Waals surface area (Å²) in [6.45, 7) is 2.16. The van der Waals surface area contributed by atoms with Gasteiger partial charge in [-0.2, -0.15) is 0 Å². The maximum atomic E-state index is 13.0. The van der Waals surface area contributed by atoms with Crippen molar-refractivity contribution in [2.24, 2.45) is 0 Å². The van der Waals surface area contributed by atoms with E-state index in [4.69, 9.17) is 4.74 Å². The second-order valence-corrected chi connectivity index (χ2v) is 7.00. The molecule has 4 aromatic rings. The third kappa shape index (κ3) is 3.32. The second-order valence-electron chi connectivity index (χ2n) is 6.05. The summed E-state index contributed by atoms with van der Waals surface area (Å²) in [7, 11) is 0. The van der Waals surface area contributed by atoms with Gasteiger partial charge in [-0.1, -0.05) is 66.7 Å². The largest absolute Gasteiger partial charge is 0.462 e. The van der Waals surface area contributed by atoms with E-state index in [-0.39, 0.29) is 5.97 Å². The average molecular weight is 373 g/mol. The van der Waals surface area contributed by atoms with Gasteiger partial charge in [-0.3, -0.25) is 0 Å². The molecule has 1 N–H and O–H groups in total. The normalized spacial score (nSPS) is 10.7. The van der Waals surface area contributed by atoms with Gasteiger partial charge in [-0.15, -0.1) is 11.3 Å². The molecule has 0 fully saturated rings. The molecular weight excluding hydrogens is 354 g/mol. The zero-order valence-corrected chi connectivity index (χ0v) is 15.8. The minimum atomic E-state index is -0.311. The van der Waals surface area contributed by atoms with Crippen molar-refractivity contribution in [2.75, 3.05) is 6.61 Å². The molecule has 0 aliphatic heterocycles. The molecule has 3 nitrogen and oxygen atoms in total. The van der Waals surface area contributed by atoms with Crippen molar-refractivity contribution in [1.29, 1.82) is 0 Å². The van der Waals surface area contributed by atoms with E-state index in [0.29, 0.717) is 12.2 Å². The maximum absolute atomic E-state index is 13.0. The minimum absolute atomic E-state index is 0.311. The fourth-order valence-electron chi connectivity index (χ4n) is 3.23. The van der Waals surface area contributed by atoms with E-state index in [9.17, 15) is 4.79 Å². The number of nitrogens with one attached hydrogen (secondary N) is 1. The molecule has 0 aliphatic carbocycles. The zero-order valence-electron chi connectivity index (χ0n) is 14.9. The molecule has 4 rings (SSSR count). The number of H-pyrrole nitrogens is 1. The average Bonchev–Trinajstić information content (AvgIpc) is 3.37. The number of hydrogen-bond donors (Lipinski definition) is 1. The van der Waals surface area contributed by atoms with Crippen LogP contribution in [0.4, 0.5) is 0 Å². The molecule has 0 saturated carbocycles. The Morgan fingerprint density at radius 3 is 2.15 bits per heavy atom. The molecule has 2 heterocycles. The number of ether oxygens (including phenoxy) is 1. The molecule has 0 bridgehead atoms. The van der Waals surface area contributed by atoms with E-state index in [1.165, 1.54) is 0 Å². The van der Waals surface area contributed by atoms with E-state index < -0.39 is 0 Å². The lowest BCUT2D eigenvalue weighted by molar-refractivity contribution is 0.0528. The van der Waals surface area contributed by atoms with Crippen LogP contribution in [0.2, 0.25) is 0 Å². The minimum Gasteiger partial charge on any atom is -0.462 e. The lowest BCUT2D eigenvalue weighted by atomic mass is 9.97. The van der Waals surface area contributed by atoms with Crippen molar-refractivity contribution in [1.82, 2.24) is 4.98 Å². The van der Waals surface area contributed by atoms with Gasteiger partial charge in [0.25, 0.3) is 0 Å². The van der Waals surface area contributed by atoms with Crippen molar-refractivity contribution in [3.05, 3.63) is 83.7 Å². The Bertz CT molecular complexity index is 1030. The first-order valence-electron chi connectivity index (χ1n) is 8.87. The predicted octanol–water partition coefficient (Wildman–Crippen LogP) is 6.25. The first-order chi connectivity index (χ1) is 13.3. The second kappa shape index (κ2) is 7.64. The van der Waals surface area contributed by atoms with Gasteiger partial charge >= 0.3 is 5.97 Å². The van der Waals surface area contributed by atoms with E-state index in [0.717, 1.165) is 33.0 Å². The summed E-state index contributed by atoms with van der Waals surface area (Å²) in [5.41, 5.74) is 5.14. The SMILES string of the molecule is CCOC(=O)c1c(-c2ccccc2)[nH]c(-c2cccs2)c1-c1ccccc1. The van der Waals surface area contributed by atoms with Crippen LogP contribution in [0.15, 0.2) is 78.2 Å². The standard InChI is InChI=1S/C23H19NO2S/c1-2-26-23(25)20-19(16-10-5-3-6-11-16)22(18-14-9-15-27-18)24-21(20)17-12-7-4-8-13-17/h3-15,24H,2H2,1H3. The summed E-state index contributed by atoms with van der Waals surface area (Å²) in [6, 6.07) is 24.0. The summed E-state index contributed by atoms with van der Waals surface area (Å²) in [5, 5.41) is 2.04. The first-order valence-corrected chi connectivity index (χ1v) is 9.75. The molecule has 0 spiro atoms. The van der Waals surface area contributed by atoms with Gasteiger partial charge in [-0.25, -0.2) is 4.79 Å². The van der Waals surface area contributed by atoms with Crippen LogP contribution in [0.3, 0.4) is 0 Å². The van der Waals surface area contributed by atoms with Gasteiger partial charge in [-0.05, 0) is 29.5 Å². The quantitative estimate of drug-likeness (QED) is 0.420. The summed E-state index contributed by atoms with van der Waals surface area (Å²) in [4.78, 5) is 17.6. The summed E-state index contributed by atoms with van der Waals surface area (Å²) >= 11 is 1.64. The molecule has 0 atom stereocenters. The summed E-state index contributed by atoms with van der Waals surface area (Å²) in [5.74, 6) is -0.311. The van der Waals surface area contributed by atoms with Crippen LogP contribution < -0.4 is 0 Å². The lowest BCUT2D eigenvalue weighted by Gasteiger charge is -2.08. The molecule has 134 valence electrons. The van der Waals surface area contributed by atoms with Gasteiger partial charge in [0.2, 0.25) is 0 Å². The number of carbonyl (C=O) groups excluding carboxylic acids is 1. The van der Waals surface area contributed by atoms with Crippen LogP contribution in [-0.4, -0.2) is 17.6 Å². The molecule has 4 heteroatoms. The topological polar surface area (TPSA) is 42.1 Å². The Kier molecular flexibility index (Phi) is 4.90. The van der Waals surface area contributed by atoms with Crippen molar-refractivity contribution < 1.29 is 9.53 Å². The highest BCUT2D eigenvalue weighted by molar-refractivity contribution is 7.13. The third-order valence-corrected chi connectivity index (χ3v) is 5.26. The highest BCUT2D eigenvalue weighted by Gasteiger charge is 2.27. The predicted molar refractivity (Wildman–Crippen MR) is 111 cm³/mol. The van der Waals surface area contributed by atoms with Crippen LogP contribution in [0.5, 0.6) is 0 Å². The Morgan fingerprint density at radius 2 is 1.56 bits per heavy atom. The highest BCUT2D eigenvalue weighted by Crippen LogP contribution is 2.42. The maximum Gasteiger partial charge on any atom is 0.340 e. The highest BCUT2D eigenvalue weighted by atomic mass is 32.1. The molecule has 27 heavy (non-hydrogen) atoms. The van der Waals surface area contributed by atoms with Crippen LogP contribution in [0, 0.1) is 0 Å². The Morgan fingerprint density at radius 1 is 0.889 bits per heavy atom. The number of benzene rings is 2. The Balaban J connectivity index is 2.04. The fourth-order valence-corrected chi connectivity index (χ4v) is 3.96. The van der Waals surface area contributed by atoms with E-state index >= 15 is 0 Å². The monoisotopic (exact) mass is 373 g/mol. The molecule has 0 unspecified atom stereocenters. The summed E-state index contributed by atoms with van der Waals surface area (Å²) in [6.07, 6.45) is 0. The van der Waals surface area contributed by atoms with E-state index in [2.05, 4.69) is 11.1 Å². The van der Waals surface area contributed by atoms with Crippen LogP contribution in [-0.2, 0) is 4.74 Å². The van der Waals surface area contributed by atoms with Crippen molar-refractivity contribution >= 4 is 17.3 Å².